The smallest absolute Gasteiger partial charge is 0.485 e. The van der Waals surface area contributed by atoms with Crippen molar-refractivity contribution in [1.82, 2.24) is 5.23 Å². The molecule has 0 aliphatic carbocycles. The van der Waals surface area contributed by atoms with E-state index in [0.29, 0.717) is 12.1 Å². The van der Waals surface area contributed by atoms with Crippen LogP contribution in [0.3, 0.4) is 0 Å². The zero-order valence-electron chi connectivity index (χ0n) is 10.5. The second-order valence-electron chi connectivity index (χ2n) is 4.54. The minimum absolute atomic E-state index is 0.0176. The molecule has 1 aromatic carbocycles. The van der Waals surface area contributed by atoms with Crippen molar-refractivity contribution in [2.45, 2.75) is 25.3 Å². The maximum absolute atomic E-state index is 12.7. The molecule has 0 bridgehead atoms. The summed E-state index contributed by atoms with van der Waals surface area (Å²) >= 11 is 0. The minimum Gasteiger partial charge on any atom is -0.515 e. The Morgan fingerprint density at radius 2 is 1.52 bits per heavy atom. The van der Waals surface area contributed by atoms with Gasteiger partial charge in [0.15, 0.2) is 0 Å². The average Bonchev–Trinajstić information content (AvgIpc) is 2.67. The predicted octanol–water partition coefficient (Wildman–Crippen LogP) is 1.95. The Balaban J connectivity index is 2.48. The van der Waals surface area contributed by atoms with Crippen LogP contribution >= 0.6 is 0 Å². The monoisotopic (exact) mass is 311 g/mol. The van der Waals surface area contributed by atoms with E-state index in [2.05, 4.69) is 5.23 Å². The van der Waals surface area contributed by atoms with Gasteiger partial charge in [0, 0.05) is 0 Å². The van der Waals surface area contributed by atoms with Crippen molar-refractivity contribution in [3.63, 3.8) is 0 Å². The Labute approximate surface area is 115 Å². The number of hydrogen-bond acceptors (Lipinski definition) is 3. The fraction of sp³-hybridized carbons (Fsp3) is 0.364. The third kappa shape index (κ3) is 3.31. The summed E-state index contributed by atoms with van der Waals surface area (Å²) in [7, 11) is -1.34. The second kappa shape index (κ2) is 4.94. The van der Waals surface area contributed by atoms with Crippen LogP contribution in [0.2, 0.25) is 0 Å². The van der Waals surface area contributed by atoms with Gasteiger partial charge in [-0.2, -0.15) is 26.3 Å². The summed E-state index contributed by atoms with van der Waals surface area (Å²) in [5.74, 6) is -0.744. The Morgan fingerprint density at radius 1 is 1.05 bits per heavy atom. The van der Waals surface area contributed by atoms with Gasteiger partial charge in [0.1, 0.15) is 0 Å². The quantitative estimate of drug-likeness (QED) is 0.636. The van der Waals surface area contributed by atoms with Gasteiger partial charge in [-0.15, -0.1) is 0 Å². The zero-order chi connectivity index (χ0) is 16.0. The van der Waals surface area contributed by atoms with Crippen molar-refractivity contribution in [2.24, 2.45) is 0 Å². The molecule has 0 saturated carbocycles. The molecule has 1 aliphatic rings. The zero-order valence-corrected chi connectivity index (χ0v) is 10.5. The van der Waals surface area contributed by atoms with Crippen LogP contribution in [0.5, 0.6) is 0 Å². The number of benzene rings is 1. The number of rotatable bonds is 1. The van der Waals surface area contributed by atoms with Gasteiger partial charge in [-0.05, 0) is 18.5 Å². The Morgan fingerprint density at radius 3 is 1.86 bits per heavy atom. The molecule has 0 aromatic heterocycles. The van der Waals surface area contributed by atoms with E-state index in [1.54, 1.807) is 0 Å². The van der Waals surface area contributed by atoms with E-state index < -0.39 is 48.0 Å². The van der Waals surface area contributed by atoms with E-state index in [4.69, 9.17) is 4.65 Å². The summed E-state index contributed by atoms with van der Waals surface area (Å²) in [6, 6.07) is 0.263. The summed E-state index contributed by atoms with van der Waals surface area (Å²) in [5.41, 5.74) is -3.32. The first-order valence-electron chi connectivity index (χ1n) is 5.74. The standard InChI is InChI=1S/C11H8BF6NO2/c1-5-9(20)21-12(19-5)8-3-6(10(13,14)15)2-7(4-8)11(16,17)18/h2-5,19H,1H3/t5-/m0/s1. The fourth-order valence-corrected chi connectivity index (χ4v) is 1.84. The van der Waals surface area contributed by atoms with Crippen LogP contribution in [-0.4, -0.2) is 19.1 Å². The molecule has 0 unspecified atom stereocenters. The van der Waals surface area contributed by atoms with E-state index in [-0.39, 0.29) is 6.07 Å². The van der Waals surface area contributed by atoms with Gasteiger partial charge < -0.3 is 9.88 Å². The molecule has 21 heavy (non-hydrogen) atoms. The number of alkyl halides is 6. The van der Waals surface area contributed by atoms with Crippen molar-refractivity contribution in [2.75, 3.05) is 0 Å². The molecule has 0 spiro atoms. The van der Waals surface area contributed by atoms with Gasteiger partial charge in [-0.3, -0.25) is 4.79 Å². The van der Waals surface area contributed by atoms with Crippen molar-refractivity contribution in [1.29, 1.82) is 0 Å². The highest BCUT2D eigenvalue weighted by molar-refractivity contribution is 6.68. The molecule has 1 saturated heterocycles. The summed E-state index contributed by atoms with van der Waals surface area (Å²) in [6.07, 6.45) is -9.88. The fourth-order valence-electron chi connectivity index (χ4n) is 1.84. The van der Waals surface area contributed by atoms with Crippen LogP contribution in [0.15, 0.2) is 18.2 Å². The number of hydrogen-bond donors (Lipinski definition) is 1. The lowest BCUT2D eigenvalue weighted by atomic mass is 9.73. The van der Waals surface area contributed by atoms with Gasteiger partial charge in [-0.25, -0.2) is 0 Å². The lowest BCUT2D eigenvalue weighted by Crippen LogP contribution is -2.44. The lowest BCUT2D eigenvalue weighted by molar-refractivity contribution is -0.143. The predicted molar refractivity (Wildman–Crippen MR) is 60.5 cm³/mol. The molecular formula is C11H8BF6NO2. The molecule has 10 heteroatoms. The summed E-state index contributed by atoms with van der Waals surface area (Å²) in [4.78, 5) is 11.2. The lowest BCUT2D eigenvalue weighted by Gasteiger charge is -2.15. The maximum Gasteiger partial charge on any atom is 0.485 e. The Kier molecular flexibility index (Phi) is 3.69. The number of carbonyl (C=O) groups excluding carboxylic acids is 1. The SMILES string of the molecule is C[C@@H]1NB(c2cc(C(F)(F)F)cc(C(F)(F)F)c2)OC1=O. The van der Waals surface area contributed by atoms with E-state index >= 15 is 0 Å². The first-order valence-corrected chi connectivity index (χ1v) is 5.74. The van der Waals surface area contributed by atoms with Crippen LogP contribution in [0.1, 0.15) is 18.1 Å². The molecule has 114 valence electrons. The normalized spacial score (nSPS) is 19.9. The molecule has 1 N–H and O–H groups in total. The van der Waals surface area contributed by atoms with Crippen molar-refractivity contribution < 1.29 is 35.8 Å². The third-order valence-corrected chi connectivity index (χ3v) is 2.90. The molecule has 1 fully saturated rings. The van der Waals surface area contributed by atoms with Crippen LogP contribution in [0, 0.1) is 0 Å². The summed E-state index contributed by atoms with van der Waals surface area (Å²) < 4.78 is 80.8. The molecule has 1 atom stereocenters. The molecule has 0 amide bonds. The first-order chi connectivity index (χ1) is 9.48. The van der Waals surface area contributed by atoms with Gasteiger partial charge in [0.25, 0.3) is 0 Å². The third-order valence-electron chi connectivity index (χ3n) is 2.90. The maximum atomic E-state index is 12.7. The van der Waals surface area contributed by atoms with E-state index in [0.717, 1.165) is 0 Å². The van der Waals surface area contributed by atoms with Crippen molar-refractivity contribution >= 4 is 18.5 Å². The highest BCUT2D eigenvalue weighted by atomic mass is 19.4. The van der Waals surface area contributed by atoms with Gasteiger partial charge in [0.05, 0.1) is 17.2 Å². The number of halogens is 6. The van der Waals surface area contributed by atoms with E-state index in [1.165, 1.54) is 6.92 Å². The molecular weight excluding hydrogens is 303 g/mol. The summed E-state index contributed by atoms with van der Waals surface area (Å²) in [6.45, 7) is 1.39. The minimum atomic E-state index is -4.94. The molecule has 1 aliphatic heterocycles. The Bertz CT molecular complexity index is 539. The topological polar surface area (TPSA) is 38.3 Å². The van der Waals surface area contributed by atoms with Crippen molar-refractivity contribution in [3.05, 3.63) is 29.3 Å². The van der Waals surface area contributed by atoms with Gasteiger partial charge >= 0.3 is 25.4 Å². The molecule has 3 nitrogen and oxygen atoms in total. The largest absolute Gasteiger partial charge is 0.515 e. The van der Waals surface area contributed by atoms with Gasteiger partial charge in [0.2, 0.25) is 0 Å². The first kappa shape index (κ1) is 15.7. The van der Waals surface area contributed by atoms with Gasteiger partial charge in [-0.1, -0.05) is 12.1 Å². The Hall–Kier alpha value is -1.71. The molecule has 2 rings (SSSR count). The van der Waals surface area contributed by atoms with Crippen LogP contribution in [0.4, 0.5) is 26.3 Å². The second-order valence-corrected chi connectivity index (χ2v) is 4.54. The summed E-state index contributed by atoms with van der Waals surface area (Å²) in [5, 5.41) is 2.47. The number of nitrogens with one attached hydrogen (secondary N) is 1. The van der Waals surface area contributed by atoms with E-state index in [1.807, 2.05) is 0 Å². The van der Waals surface area contributed by atoms with Crippen LogP contribution in [0.25, 0.3) is 0 Å². The van der Waals surface area contributed by atoms with E-state index in [9.17, 15) is 31.1 Å². The number of carbonyl (C=O) groups is 1. The molecule has 1 aromatic rings. The van der Waals surface area contributed by atoms with Crippen molar-refractivity contribution in [3.8, 4) is 0 Å². The molecule has 1 heterocycles. The van der Waals surface area contributed by atoms with Crippen LogP contribution in [-0.2, 0) is 21.8 Å². The average molecular weight is 311 g/mol. The highest BCUT2D eigenvalue weighted by Crippen LogP contribution is 2.34. The highest BCUT2D eigenvalue weighted by Gasteiger charge is 2.41. The molecule has 0 radical (unpaired) electrons. The van der Waals surface area contributed by atoms with Crippen LogP contribution < -0.4 is 10.7 Å².